The number of pyridine rings is 1. The van der Waals surface area contributed by atoms with Gasteiger partial charge in [0.25, 0.3) is 11.9 Å². The number of carbonyl (C=O) groups is 1. The van der Waals surface area contributed by atoms with Crippen LogP contribution >= 0.6 is 0 Å². The highest BCUT2D eigenvalue weighted by molar-refractivity contribution is 5.95. The summed E-state index contributed by atoms with van der Waals surface area (Å²) in [7, 11) is 0. The van der Waals surface area contributed by atoms with Gasteiger partial charge in [-0.05, 0) is 54.8 Å². The second kappa shape index (κ2) is 7.09. The van der Waals surface area contributed by atoms with Crippen LogP contribution in [-0.2, 0) is 10.3 Å². The summed E-state index contributed by atoms with van der Waals surface area (Å²) < 4.78 is 11.9. The van der Waals surface area contributed by atoms with Gasteiger partial charge in [0.05, 0.1) is 0 Å². The summed E-state index contributed by atoms with van der Waals surface area (Å²) >= 11 is 0. The first-order valence-electron chi connectivity index (χ1n) is 10.8. The SMILES string of the molecule is NC1=N[C@@]2(CO1)c1cc(C(=O)N3CCCC3)ccc1Oc1ccc(-c3cccnc3)cc12. The highest BCUT2D eigenvalue weighted by atomic mass is 16.5. The molecule has 0 aliphatic carbocycles. The van der Waals surface area contributed by atoms with Crippen LogP contribution in [0.5, 0.6) is 11.5 Å². The van der Waals surface area contributed by atoms with Gasteiger partial charge in [-0.1, -0.05) is 12.1 Å². The van der Waals surface area contributed by atoms with Crippen LogP contribution in [0.1, 0.15) is 34.3 Å². The Kier molecular flexibility index (Phi) is 4.18. The Morgan fingerprint density at radius 2 is 1.78 bits per heavy atom. The van der Waals surface area contributed by atoms with Gasteiger partial charge in [0.2, 0.25) is 0 Å². The molecule has 1 saturated heterocycles. The Labute approximate surface area is 185 Å². The lowest BCUT2D eigenvalue weighted by molar-refractivity contribution is 0.0792. The maximum absolute atomic E-state index is 13.1. The monoisotopic (exact) mass is 426 g/mol. The highest BCUT2D eigenvalue weighted by Crippen LogP contribution is 2.51. The molecule has 160 valence electrons. The molecule has 32 heavy (non-hydrogen) atoms. The van der Waals surface area contributed by atoms with Crippen molar-refractivity contribution in [3.63, 3.8) is 0 Å². The number of rotatable bonds is 2. The van der Waals surface area contributed by atoms with E-state index in [1.165, 1.54) is 0 Å². The van der Waals surface area contributed by atoms with Gasteiger partial charge in [-0.15, -0.1) is 0 Å². The fourth-order valence-electron chi connectivity index (χ4n) is 4.80. The third-order valence-corrected chi connectivity index (χ3v) is 6.44. The van der Waals surface area contributed by atoms with Crippen LogP contribution in [0.25, 0.3) is 11.1 Å². The van der Waals surface area contributed by atoms with E-state index in [9.17, 15) is 4.79 Å². The van der Waals surface area contributed by atoms with Crippen LogP contribution in [0.15, 0.2) is 65.9 Å². The van der Waals surface area contributed by atoms with E-state index >= 15 is 0 Å². The fourth-order valence-corrected chi connectivity index (χ4v) is 4.80. The van der Waals surface area contributed by atoms with Crippen molar-refractivity contribution < 1.29 is 14.3 Å². The number of aliphatic imine (C=N–C) groups is 1. The topological polar surface area (TPSA) is 90.0 Å². The number of likely N-dealkylation sites (tertiary alicyclic amines) is 1. The summed E-state index contributed by atoms with van der Waals surface area (Å²) in [5.74, 6) is 1.39. The lowest BCUT2D eigenvalue weighted by Gasteiger charge is -2.34. The van der Waals surface area contributed by atoms with Crippen LogP contribution < -0.4 is 10.5 Å². The second-order valence-corrected chi connectivity index (χ2v) is 8.36. The van der Waals surface area contributed by atoms with Crippen LogP contribution in [-0.4, -0.2) is 41.5 Å². The number of ether oxygens (including phenoxy) is 2. The molecular formula is C25H22N4O3. The summed E-state index contributed by atoms with van der Waals surface area (Å²) in [6.07, 6.45) is 5.66. The molecule has 2 aromatic carbocycles. The quantitative estimate of drug-likeness (QED) is 0.675. The molecule has 1 spiro atoms. The molecule has 7 nitrogen and oxygen atoms in total. The number of carbonyl (C=O) groups excluding carboxylic acids is 1. The first-order chi connectivity index (χ1) is 15.6. The molecule has 1 amide bonds. The minimum Gasteiger partial charge on any atom is -0.462 e. The third kappa shape index (κ3) is 2.85. The molecule has 0 unspecified atom stereocenters. The molecule has 0 radical (unpaired) electrons. The molecule has 1 fully saturated rings. The Balaban J connectivity index is 1.50. The number of amides is 1. The Hall–Kier alpha value is -3.87. The average molecular weight is 426 g/mol. The second-order valence-electron chi connectivity index (χ2n) is 8.36. The van der Waals surface area contributed by atoms with Crippen molar-refractivity contribution in [2.24, 2.45) is 10.7 Å². The number of nitrogens with zero attached hydrogens (tertiary/aromatic N) is 3. The van der Waals surface area contributed by atoms with Crippen LogP contribution in [0, 0.1) is 0 Å². The molecule has 4 heterocycles. The molecule has 6 rings (SSSR count). The van der Waals surface area contributed by atoms with Crippen LogP contribution in [0.2, 0.25) is 0 Å². The number of amidine groups is 1. The van der Waals surface area contributed by atoms with Crippen LogP contribution in [0.4, 0.5) is 0 Å². The fraction of sp³-hybridized carbons (Fsp3) is 0.240. The standard InChI is InChI=1S/C25H22N4O3/c26-24-28-25(15-31-24)19-12-16(18-4-3-9-27-14-18)5-7-21(19)32-22-8-6-17(13-20(22)25)23(30)29-10-1-2-11-29/h3-9,12-14H,1-2,10-11,15H2,(H2,26,28)/t25-/m1/s1. The predicted molar refractivity (Wildman–Crippen MR) is 120 cm³/mol. The Morgan fingerprint density at radius 3 is 2.50 bits per heavy atom. The summed E-state index contributed by atoms with van der Waals surface area (Å²) in [6, 6.07) is 15.6. The van der Waals surface area contributed by atoms with E-state index in [0.29, 0.717) is 17.1 Å². The molecule has 0 saturated carbocycles. The van der Waals surface area contributed by atoms with Crippen molar-refractivity contribution in [2.45, 2.75) is 18.4 Å². The van der Waals surface area contributed by atoms with Gasteiger partial charge in [-0.3, -0.25) is 9.78 Å². The number of benzene rings is 2. The van der Waals surface area contributed by atoms with Gasteiger partial charge in [-0.2, -0.15) is 0 Å². The zero-order chi connectivity index (χ0) is 21.7. The highest BCUT2D eigenvalue weighted by Gasteiger charge is 2.47. The number of nitrogens with two attached hydrogens (primary N) is 1. The van der Waals surface area contributed by atoms with Gasteiger partial charge in [0.15, 0.2) is 5.54 Å². The van der Waals surface area contributed by atoms with Gasteiger partial charge in [0, 0.05) is 47.7 Å². The first-order valence-corrected chi connectivity index (χ1v) is 10.8. The molecule has 2 N–H and O–H groups in total. The smallest absolute Gasteiger partial charge is 0.283 e. The lowest BCUT2D eigenvalue weighted by atomic mass is 9.80. The van der Waals surface area contributed by atoms with Crippen molar-refractivity contribution in [3.8, 4) is 22.6 Å². The van der Waals surface area contributed by atoms with Gasteiger partial charge in [0.1, 0.15) is 18.1 Å². The van der Waals surface area contributed by atoms with Crippen molar-refractivity contribution in [2.75, 3.05) is 19.7 Å². The number of hydrogen-bond donors (Lipinski definition) is 1. The number of fused-ring (bicyclic) bond motifs is 4. The summed E-state index contributed by atoms with van der Waals surface area (Å²) in [5.41, 5.74) is 9.39. The molecule has 3 aliphatic rings. The maximum Gasteiger partial charge on any atom is 0.283 e. The molecule has 1 aromatic heterocycles. The normalized spacial score (nSPS) is 20.9. The summed E-state index contributed by atoms with van der Waals surface area (Å²) in [4.78, 5) is 23.9. The third-order valence-electron chi connectivity index (χ3n) is 6.44. The molecule has 0 bridgehead atoms. The number of hydrogen-bond acceptors (Lipinski definition) is 6. The Bertz CT molecular complexity index is 1250. The van der Waals surface area contributed by atoms with E-state index in [-0.39, 0.29) is 18.5 Å². The van der Waals surface area contributed by atoms with Crippen molar-refractivity contribution in [1.82, 2.24) is 9.88 Å². The Morgan fingerprint density at radius 1 is 1.00 bits per heavy atom. The van der Waals surface area contributed by atoms with Gasteiger partial charge >= 0.3 is 0 Å². The molecule has 3 aromatic rings. The summed E-state index contributed by atoms with van der Waals surface area (Å²) in [5, 5.41) is 0. The first kappa shape index (κ1) is 18.9. The van der Waals surface area contributed by atoms with E-state index < -0.39 is 5.54 Å². The minimum atomic E-state index is -0.869. The minimum absolute atomic E-state index is 0.0335. The summed E-state index contributed by atoms with van der Waals surface area (Å²) in [6.45, 7) is 1.84. The van der Waals surface area contributed by atoms with Crippen molar-refractivity contribution in [3.05, 3.63) is 77.6 Å². The van der Waals surface area contributed by atoms with E-state index in [1.807, 2.05) is 53.6 Å². The van der Waals surface area contributed by atoms with Gasteiger partial charge < -0.3 is 20.1 Å². The average Bonchev–Trinajstić information content (AvgIpc) is 3.50. The lowest BCUT2D eigenvalue weighted by Crippen LogP contribution is -2.32. The van der Waals surface area contributed by atoms with Gasteiger partial charge in [-0.25, -0.2) is 4.99 Å². The zero-order valence-electron chi connectivity index (χ0n) is 17.5. The van der Waals surface area contributed by atoms with E-state index in [1.54, 1.807) is 6.20 Å². The van der Waals surface area contributed by atoms with Crippen molar-refractivity contribution in [1.29, 1.82) is 0 Å². The number of aromatic nitrogens is 1. The molecule has 7 heteroatoms. The molecular weight excluding hydrogens is 404 g/mol. The zero-order valence-corrected chi connectivity index (χ0v) is 17.5. The molecule has 1 atom stereocenters. The van der Waals surface area contributed by atoms with E-state index in [4.69, 9.17) is 20.2 Å². The largest absolute Gasteiger partial charge is 0.462 e. The molecule has 3 aliphatic heterocycles. The maximum atomic E-state index is 13.1. The van der Waals surface area contributed by atoms with E-state index in [2.05, 4.69) is 11.1 Å². The van der Waals surface area contributed by atoms with Crippen molar-refractivity contribution >= 4 is 11.9 Å². The van der Waals surface area contributed by atoms with Crippen LogP contribution in [0.3, 0.4) is 0 Å². The predicted octanol–water partition coefficient (Wildman–Crippen LogP) is 3.68. The van der Waals surface area contributed by atoms with E-state index in [0.717, 1.165) is 48.2 Å².